The van der Waals surface area contributed by atoms with E-state index >= 15 is 0 Å². The van der Waals surface area contributed by atoms with Gasteiger partial charge in [-0.3, -0.25) is 4.79 Å². The second-order valence-electron chi connectivity index (χ2n) is 6.94. The SMILES string of the molecule is COc1c(C)cc(Br)cc1C(=O)Nc1ccc2oc(-c3ccc(C)cc3Cl)nc2c1. The zero-order valence-corrected chi connectivity index (χ0v) is 18.9. The quantitative estimate of drug-likeness (QED) is 0.346. The number of methoxy groups -OCH3 is 1. The first-order chi connectivity index (χ1) is 14.4. The third-order valence-electron chi connectivity index (χ3n) is 4.69. The van der Waals surface area contributed by atoms with Crippen molar-refractivity contribution in [1.82, 2.24) is 4.98 Å². The van der Waals surface area contributed by atoms with Crippen molar-refractivity contribution in [1.29, 1.82) is 0 Å². The van der Waals surface area contributed by atoms with Crippen molar-refractivity contribution >= 4 is 50.2 Å². The first-order valence-corrected chi connectivity index (χ1v) is 10.4. The number of benzene rings is 3. The van der Waals surface area contributed by atoms with Gasteiger partial charge >= 0.3 is 0 Å². The molecule has 0 unspecified atom stereocenters. The summed E-state index contributed by atoms with van der Waals surface area (Å²) in [4.78, 5) is 17.4. The van der Waals surface area contributed by atoms with E-state index in [1.54, 1.807) is 31.4 Å². The summed E-state index contributed by atoms with van der Waals surface area (Å²) in [7, 11) is 1.55. The molecule has 7 heteroatoms. The molecule has 0 saturated heterocycles. The third kappa shape index (κ3) is 3.93. The lowest BCUT2D eigenvalue weighted by Gasteiger charge is -2.12. The van der Waals surface area contributed by atoms with Crippen LogP contribution in [0.5, 0.6) is 5.75 Å². The van der Waals surface area contributed by atoms with E-state index in [1.165, 1.54) is 0 Å². The van der Waals surface area contributed by atoms with Crippen LogP contribution in [0.25, 0.3) is 22.6 Å². The predicted octanol–water partition coefficient (Wildman–Crippen LogP) is 6.79. The number of nitrogens with zero attached hydrogens (tertiary/aromatic N) is 1. The van der Waals surface area contributed by atoms with Crippen LogP contribution in [0.15, 0.2) is 57.4 Å². The highest BCUT2D eigenvalue weighted by molar-refractivity contribution is 9.10. The molecule has 0 spiro atoms. The van der Waals surface area contributed by atoms with Gasteiger partial charge in [0, 0.05) is 10.2 Å². The molecular weight excluding hydrogens is 468 g/mol. The number of hydrogen-bond donors (Lipinski definition) is 1. The highest BCUT2D eigenvalue weighted by Crippen LogP contribution is 2.32. The molecule has 0 aliphatic heterocycles. The molecule has 4 rings (SSSR count). The molecule has 1 aromatic heterocycles. The van der Waals surface area contributed by atoms with Crippen LogP contribution in [0.4, 0.5) is 5.69 Å². The van der Waals surface area contributed by atoms with Crippen LogP contribution in [-0.2, 0) is 0 Å². The fraction of sp³-hybridized carbons (Fsp3) is 0.130. The number of anilines is 1. The molecule has 152 valence electrons. The molecule has 0 atom stereocenters. The Bertz CT molecular complexity index is 1280. The van der Waals surface area contributed by atoms with E-state index in [1.807, 2.05) is 38.1 Å². The van der Waals surface area contributed by atoms with Crippen LogP contribution < -0.4 is 10.1 Å². The molecule has 0 saturated carbocycles. The zero-order chi connectivity index (χ0) is 21.4. The summed E-state index contributed by atoms with van der Waals surface area (Å²) < 4.78 is 12.1. The standard InChI is InChI=1S/C23H18BrClN2O3/c1-12-4-6-16(18(25)8-12)23-27-19-11-15(5-7-20(19)30-23)26-22(28)17-10-14(24)9-13(2)21(17)29-3/h4-11H,1-3H3,(H,26,28). The number of oxazole rings is 1. The van der Waals surface area contributed by atoms with Crippen LogP contribution in [0.3, 0.4) is 0 Å². The number of fused-ring (bicyclic) bond motifs is 1. The van der Waals surface area contributed by atoms with E-state index in [-0.39, 0.29) is 5.91 Å². The number of amides is 1. The van der Waals surface area contributed by atoms with Gasteiger partial charge in [-0.25, -0.2) is 4.98 Å². The van der Waals surface area contributed by atoms with Crippen molar-refractivity contribution in [3.05, 3.63) is 74.7 Å². The van der Waals surface area contributed by atoms with Crippen molar-refractivity contribution in [2.45, 2.75) is 13.8 Å². The monoisotopic (exact) mass is 484 g/mol. The van der Waals surface area contributed by atoms with E-state index < -0.39 is 0 Å². The molecule has 0 bridgehead atoms. The number of rotatable bonds is 4. The summed E-state index contributed by atoms with van der Waals surface area (Å²) in [6.07, 6.45) is 0. The fourth-order valence-electron chi connectivity index (χ4n) is 3.28. The third-order valence-corrected chi connectivity index (χ3v) is 5.46. The Morgan fingerprint density at radius 3 is 2.67 bits per heavy atom. The Labute approximate surface area is 187 Å². The van der Waals surface area contributed by atoms with Crippen molar-refractivity contribution in [3.8, 4) is 17.2 Å². The number of aromatic nitrogens is 1. The molecule has 1 N–H and O–H groups in total. The molecular formula is C23H18BrClN2O3. The van der Waals surface area contributed by atoms with Gasteiger partial charge in [-0.2, -0.15) is 0 Å². The Morgan fingerprint density at radius 2 is 1.93 bits per heavy atom. The highest BCUT2D eigenvalue weighted by atomic mass is 79.9. The van der Waals surface area contributed by atoms with Crippen molar-refractivity contribution in [2.24, 2.45) is 0 Å². The Balaban J connectivity index is 1.66. The Morgan fingerprint density at radius 1 is 1.13 bits per heavy atom. The number of carbonyl (C=O) groups is 1. The number of hydrogen-bond acceptors (Lipinski definition) is 4. The maximum absolute atomic E-state index is 12.9. The minimum Gasteiger partial charge on any atom is -0.496 e. The first-order valence-electron chi connectivity index (χ1n) is 9.18. The first kappa shape index (κ1) is 20.4. The maximum Gasteiger partial charge on any atom is 0.259 e. The second-order valence-corrected chi connectivity index (χ2v) is 8.27. The lowest BCUT2D eigenvalue weighted by atomic mass is 10.1. The molecule has 30 heavy (non-hydrogen) atoms. The number of nitrogens with one attached hydrogen (secondary N) is 1. The number of halogens is 2. The summed E-state index contributed by atoms with van der Waals surface area (Å²) >= 11 is 9.77. The van der Waals surface area contributed by atoms with E-state index in [0.29, 0.717) is 39.0 Å². The van der Waals surface area contributed by atoms with Gasteiger partial charge in [0.1, 0.15) is 11.3 Å². The maximum atomic E-state index is 12.9. The van der Waals surface area contributed by atoms with Crippen LogP contribution in [0.1, 0.15) is 21.5 Å². The van der Waals surface area contributed by atoms with Gasteiger partial charge in [-0.05, 0) is 67.4 Å². The van der Waals surface area contributed by atoms with Gasteiger partial charge in [0.05, 0.1) is 23.3 Å². The molecule has 3 aromatic carbocycles. The summed E-state index contributed by atoms with van der Waals surface area (Å²) in [6.45, 7) is 3.86. The molecule has 0 fully saturated rings. The average molecular weight is 486 g/mol. The Kier molecular flexibility index (Phi) is 5.54. The number of ether oxygens (including phenoxy) is 1. The van der Waals surface area contributed by atoms with Gasteiger partial charge < -0.3 is 14.5 Å². The molecule has 4 aromatic rings. The summed E-state index contributed by atoms with van der Waals surface area (Å²) in [5.74, 6) is 0.693. The van der Waals surface area contributed by atoms with Crippen LogP contribution in [-0.4, -0.2) is 18.0 Å². The van der Waals surface area contributed by atoms with Crippen LogP contribution in [0, 0.1) is 13.8 Å². The average Bonchev–Trinajstić information content (AvgIpc) is 3.10. The van der Waals surface area contributed by atoms with Crippen molar-refractivity contribution in [3.63, 3.8) is 0 Å². The van der Waals surface area contributed by atoms with E-state index in [9.17, 15) is 4.79 Å². The van der Waals surface area contributed by atoms with Gasteiger partial charge in [-0.1, -0.05) is 33.6 Å². The van der Waals surface area contributed by atoms with Crippen LogP contribution in [0.2, 0.25) is 5.02 Å². The smallest absolute Gasteiger partial charge is 0.259 e. The minimum absolute atomic E-state index is 0.277. The van der Waals surface area contributed by atoms with Gasteiger partial charge in [-0.15, -0.1) is 0 Å². The van der Waals surface area contributed by atoms with Gasteiger partial charge in [0.25, 0.3) is 5.91 Å². The molecule has 0 aliphatic rings. The topological polar surface area (TPSA) is 64.4 Å². The second kappa shape index (κ2) is 8.13. The number of carbonyl (C=O) groups excluding carboxylic acids is 1. The lowest BCUT2D eigenvalue weighted by molar-refractivity contribution is 0.102. The normalized spacial score (nSPS) is 11.0. The fourth-order valence-corrected chi connectivity index (χ4v) is 4.17. The van der Waals surface area contributed by atoms with E-state index in [2.05, 4.69) is 26.2 Å². The molecule has 0 aliphatic carbocycles. The van der Waals surface area contributed by atoms with E-state index in [4.69, 9.17) is 20.8 Å². The lowest BCUT2D eigenvalue weighted by Crippen LogP contribution is -2.13. The minimum atomic E-state index is -0.277. The van der Waals surface area contributed by atoms with E-state index in [0.717, 1.165) is 21.2 Å². The largest absolute Gasteiger partial charge is 0.496 e. The van der Waals surface area contributed by atoms with Crippen molar-refractivity contribution in [2.75, 3.05) is 12.4 Å². The summed E-state index contributed by atoms with van der Waals surface area (Å²) in [5.41, 5.74) is 4.91. The van der Waals surface area contributed by atoms with Gasteiger partial charge in [0.2, 0.25) is 5.89 Å². The molecule has 5 nitrogen and oxygen atoms in total. The molecule has 1 heterocycles. The molecule has 1 amide bonds. The highest BCUT2D eigenvalue weighted by Gasteiger charge is 2.17. The molecule has 0 radical (unpaired) electrons. The Hall–Kier alpha value is -2.83. The zero-order valence-electron chi connectivity index (χ0n) is 16.5. The summed E-state index contributed by atoms with van der Waals surface area (Å²) in [5, 5.41) is 3.48. The van der Waals surface area contributed by atoms with Gasteiger partial charge in [0.15, 0.2) is 5.58 Å². The van der Waals surface area contributed by atoms with Crippen molar-refractivity contribution < 1.29 is 13.9 Å². The van der Waals surface area contributed by atoms with Crippen LogP contribution >= 0.6 is 27.5 Å². The summed E-state index contributed by atoms with van der Waals surface area (Å²) in [6, 6.07) is 14.6. The predicted molar refractivity (Wildman–Crippen MR) is 123 cm³/mol. The number of aryl methyl sites for hydroxylation is 2.